The number of ether oxygens (including phenoxy) is 1. The molecule has 90 valence electrons. The fourth-order valence-corrected chi connectivity index (χ4v) is 4.22. The van der Waals surface area contributed by atoms with Crippen LogP contribution in [0.1, 0.15) is 20.3 Å². The third-order valence-corrected chi connectivity index (χ3v) is 5.39. The standard InChI is InChI=1S/C10H21O4P/c1-4-5-15(3,13)6-8-10(12)9(11)7(2)14-8/h7-12H,4-6H2,1-3H3/t7?,8?,9-,10+,15?/m0/s1. The van der Waals surface area contributed by atoms with Gasteiger partial charge < -0.3 is 19.5 Å². The molecule has 0 spiro atoms. The van der Waals surface area contributed by atoms with Crippen molar-refractivity contribution < 1.29 is 19.5 Å². The van der Waals surface area contributed by atoms with Crippen molar-refractivity contribution in [3.05, 3.63) is 0 Å². The summed E-state index contributed by atoms with van der Waals surface area (Å²) in [4.78, 5) is 0. The van der Waals surface area contributed by atoms with Gasteiger partial charge in [0, 0.05) is 12.3 Å². The van der Waals surface area contributed by atoms with Crippen LogP contribution < -0.4 is 0 Å². The molecule has 0 saturated carbocycles. The van der Waals surface area contributed by atoms with Crippen LogP contribution in [0.4, 0.5) is 0 Å². The molecule has 1 aliphatic rings. The van der Waals surface area contributed by atoms with Crippen molar-refractivity contribution >= 4 is 7.14 Å². The molecule has 0 radical (unpaired) electrons. The zero-order valence-electron chi connectivity index (χ0n) is 9.59. The molecule has 1 saturated heterocycles. The zero-order valence-corrected chi connectivity index (χ0v) is 10.5. The SMILES string of the molecule is CCCP(C)(=O)CC1OC(C)[C@H](O)[C@@H]1O. The molecule has 0 aromatic rings. The average Bonchev–Trinajstić information content (AvgIpc) is 2.33. The first-order valence-corrected chi connectivity index (χ1v) is 7.97. The molecule has 3 unspecified atom stereocenters. The van der Waals surface area contributed by atoms with Gasteiger partial charge >= 0.3 is 0 Å². The van der Waals surface area contributed by atoms with E-state index in [1.807, 2.05) is 6.92 Å². The zero-order chi connectivity index (χ0) is 11.6. The van der Waals surface area contributed by atoms with Crippen LogP contribution in [0.3, 0.4) is 0 Å². The molecule has 1 aliphatic heterocycles. The van der Waals surface area contributed by atoms with E-state index in [1.54, 1.807) is 13.6 Å². The Morgan fingerprint density at radius 3 is 2.33 bits per heavy atom. The van der Waals surface area contributed by atoms with Gasteiger partial charge in [-0.2, -0.15) is 0 Å². The quantitative estimate of drug-likeness (QED) is 0.712. The highest BCUT2D eigenvalue weighted by atomic mass is 31.2. The van der Waals surface area contributed by atoms with Gasteiger partial charge in [-0.25, -0.2) is 0 Å². The van der Waals surface area contributed by atoms with E-state index in [0.29, 0.717) is 12.3 Å². The van der Waals surface area contributed by atoms with E-state index in [0.717, 1.165) is 6.42 Å². The van der Waals surface area contributed by atoms with Crippen LogP contribution in [0.15, 0.2) is 0 Å². The maximum Gasteiger partial charge on any atom is 0.109 e. The van der Waals surface area contributed by atoms with Gasteiger partial charge in [-0.3, -0.25) is 0 Å². The lowest BCUT2D eigenvalue weighted by Gasteiger charge is -2.19. The molecule has 4 nitrogen and oxygen atoms in total. The minimum absolute atomic E-state index is 0.364. The van der Waals surface area contributed by atoms with Crippen LogP contribution in [0.25, 0.3) is 0 Å². The van der Waals surface area contributed by atoms with Crippen LogP contribution in [0.2, 0.25) is 0 Å². The van der Waals surface area contributed by atoms with Crippen LogP contribution in [0, 0.1) is 0 Å². The van der Waals surface area contributed by atoms with Crippen molar-refractivity contribution in [2.75, 3.05) is 19.0 Å². The maximum atomic E-state index is 12.1. The molecule has 2 N–H and O–H groups in total. The smallest absolute Gasteiger partial charge is 0.109 e. The molecule has 5 heteroatoms. The molecule has 0 aromatic heterocycles. The number of hydrogen-bond acceptors (Lipinski definition) is 4. The summed E-state index contributed by atoms with van der Waals surface area (Å²) in [6.45, 7) is 5.44. The number of aliphatic hydroxyl groups excluding tert-OH is 2. The Morgan fingerprint density at radius 1 is 1.33 bits per heavy atom. The van der Waals surface area contributed by atoms with E-state index in [-0.39, 0.29) is 6.10 Å². The van der Waals surface area contributed by atoms with Crippen molar-refractivity contribution in [1.29, 1.82) is 0 Å². The van der Waals surface area contributed by atoms with Gasteiger partial charge in [0.15, 0.2) is 0 Å². The highest BCUT2D eigenvalue weighted by molar-refractivity contribution is 7.63. The molecule has 0 aromatic carbocycles. The van der Waals surface area contributed by atoms with Gasteiger partial charge in [-0.1, -0.05) is 6.92 Å². The Balaban J connectivity index is 2.56. The largest absolute Gasteiger partial charge is 0.388 e. The minimum atomic E-state index is -2.23. The van der Waals surface area contributed by atoms with E-state index in [4.69, 9.17) is 4.74 Å². The fourth-order valence-electron chi connectivity index (χ4n) is 2.03. The molecule has 0 bridgehead atoms. The number of hydrogen-bond donors (Lipinski definition) is 2. The predicted molar refractivity (Wildman–Crippen MR) is 59.9 cm³/mol. The molecular formula is C10H21O4P. The van der Waals surface area contributed by atoms with E-state index in [2.05, 4.69) is 0 Å². The summed E-state index contributed by atoms with van der Waals surface area (Å²) in [5.41, 5.74) is 0. The van der Waals surface area contributed by atoms with E-state index in [1.165, 1.54) is 0 Å². The molecule has 1 rings (SSSR count). The lowest BCUT2D eigenvalue weighted by Crippen LogP contribution is -2.33. The van der Waals surface area contributed by atoms with E-state index < -0.39 is 25.5 Å². The topological polar surface area (TPSA) is 66.8 Å². The monoisotopic (exact) mass is 236 g/mol. The predicted octanol–water partition coefficient (Wildman–Crippen LogP) is 0.898. The van der Waals surface area contributed by atoms with Crippen molar-refractivity contribution in [1.82, 2.24) is 0 Å². The highest BCUT2D eigenvalue weighted by Gasteiger charge is 2.42. The summed E-state index contributed by atoms with van der Waals surface area (Å²) >= 11 is 0. The maximum absolute atomic E-state index is 12.1. The van der Waals surface area contributed by atoms with Crippen molar-refractivity contribution in [2.45, 2.75) is 44.7 Å². The molecule has 1 fully saturated rings. The molecular weight excluding hydrogens is 215 g/mol. The summed E-state index contributed by atoms with van der Waals surface area (Å²) < 4.78 is 17.5. The van der Waals surface area contributed by atoms with Gasteiger partial charge in [0.05, 0.1) is 19.3 Å². The second-order valence-corrected chi connectivity index (χ2v) is 7.97. The molecule has 0 amide bonds. The Hall–Kier alpha value is 0.110. The first kappa shape index (κ1) is 13.2. The van der Waals surface area contributed by atoms with Gasteiger partial charge in [0.1, 0.15) is 12.2 Å². The van der Waals surface area contributed by atoms with Crippen molar-refractivity contribution in [2.24, 2.45) is 0 Å². The molecule has 5 atom stereocenters. The van der Waals surface area contributed by atoms with Crippen LogP contribution >= 0.6 is 7.14 Å². The normalized spacial score (nSPS) is 40.3. The van der Waals surface area contributed by atoms with Crippen molar-refractivity contribution in [3.8, 4) is 0 Å². The van der Waals surface area contributed by atoms with Crippen molar-refractivity contribution in [3.63, 3.8) is 0 Å². The Labute approximate surface area is 91.0 Å². The second-order valence-electron chi connectivity index (χ2n) is 4.56. The van der Waals surface area contributed by atoms with Crippen LogP contribution in [-0.4, -0.2) is 53.6 Å². The summed E-state index contributed by atoms with van der Waals surface area (Å²) in [6.07, 6.45) is -0.687. The summed E-state index contributed by atoms with van der Waals surface area (Å²) in [6, 6.07) is 0. The van der Waals surface area contributed by atoms with Gasteiger partial charge in [0.2, 0.25) is 0 Å². The minimum Gasteiger partial charge on any atom is -0.388 e. The van der Waals surface area contributed by atoms with Gasteiger partial charge in [-0.05, 0) is 20.0 Å². The molecule has 0 aliphatic carbocycles. The fraction of sp³-hybridized carbons (Fsp3) is 1.00. The first-order chi connectivity index (χ1) is 6.87. The summed E-state index contributed by atoms with van der Waals surface area (Å²) in [5.74, 6) is 0. The molecule has 15 heavy (non-hydrogen) atoms. The van der Waals surface area contributed by atoms with Crippen LogP contribution in [-0.2, 0) is 9.30 Å². The lowest BCUT2D eigenvalue weighted by molar-refractivity contribution is 0.0295. The number of rotatable bonds is 4. The third-order valence-electron chi connectivity index (χ3n) is 2.86. The third kappa shape index (κ3) is 3.28. The second kappa shape index (κ2) is 4.96. The van der Waals surface area contributed by atoms with Crippen LogP contribution in [0.5, 0.6) is 0 Å². The summed E-state index contributed by atoms with van der Waals surface area (Å²) in [7, 11) is -2.23. The van der Waals surface area contributed by atoms with Gasteiger partial charge in [0.25, 0.3) is 0 Å². The van der Waals surface area contributed by atoms with E-state index >= 15 is 0 Å². The Kier molecular flexibility index (Phi) is 4.36. The lowest BCUT2D eigenvalue weighted by atomic mass is 10.1. The highest BCUT2D eigenvalue weighted by Crippen LogP contribution is 2.44. The van der Waals surface area contributed by atoms with Gasteiger partial charge in [-0.15, -0.1) is 0 Å². The Bertz CT molecular complexity index is 256. The number of aliphatic hydroxyl groups is 2. The molecule has 1 heterocycles. The summed E-state index contributed by atoms with van der Waals surface area (Å²) in [5, 5.41) is 19.2. The average molecular weight is 236 g/mol. The van der Waals surface area contributed by atoms with E-state index in [9.17, 15) is 14.8 Å². The Morgan fingerprint density at radius 2 is 1.93 bits per heavy atom. The first-order valence-electron chi connectivity index (χ1n) is 5.44.